The summed E-state index contributed by atoms with van der Waals surface area (Å²) in [5.74, 6) is 0.944. The lowest BCUT2D eigenvalue weighted by molar-refractivity contribution is 0.211. The Morgan fingerprint density at radius 1 is 1.15 bits per heavy atom. The largest absolute Gasteiger partial charge is 0.495 e. The standard InChI is InChI=1S/C16H18ClNO2/c1-20-16-8-7-13(12-5-3-2-4-6-12)9-15(16)18-11-14(19)10-17/h2-9,14,18-19H,10-11H2,1H3. The van der Waals surface area contributed by atoms with Crippen molar-refractivity contribution in [3.63, 3.8) is 0 Å². The normalized spacial score (nSPS) is 11.9. The van der Waals surface area contributed by atoms with Gasteiger partial charge in [-0.25, -0.2) is 0 Å². The molecule has 20 heavy (non-hydrogen) atoms. The van der Waals surface area contributed by atoms with Gasteiger partial charge in [0.15, 0.2) is 0 Å². The van der Waals surface area contributed by atoms with Crippen LogP contribution >= 0.6 is 11.6 Å². The molecule has 0 saturated carbocycles. The summed E-state index contributed by atoms with van der Waals surface area (Å²) in [4.78, 5) is 0. The van der Waals surface area contributed by atoms with Crippen LogP contribution in [0.25, 0.3) is 11.1 Å². The van der Waals surface area contributed by atoms with Crippen molar-refractivity contribution in [1.82, 2.24) is 0 Å². The molecule has 0 aliphatic rings. The molecule has 0 heterocycles. The molecule has 2 aromatic rings. The van der Waals surface area contributed by atoms with Crippen LogP contribution in [0.4, 0.5) is 5.69 Å². The van der Waals surface area contributed by atoms with Gasteiger partial charge in [0.05, 0.1) is 24.8 Å². The first-order chi connectivity index (χ1) is 9.74. The Labute approximate surface area is 124 Å². The monoisotopic (exact) mass is 291 g/mol. The first-order valence-corrected chi connectivity index (χ1v) is 6.99. The third kappa shape index (κ3) is 3.65. The highest BCUT2D eigenvalue weighted by Crippen LogP contribution is 2.30. The number of aliphatic hydroxyl groups is 1. The number of aliphatic hydroxyl groups excluding tert-OH is 1. The second-order valence-electron chi connectivity index (χ2n) is 4.47. The van der Waals surface area contributed by atoms with Crippen LogP contribution in [-0.2, 0) is 0 Å². The minimum atomic E-state index is -0.582. The van der Waals surface area contributed by atoms with E-state index >= 15 is 0 Å². The van der Waals surface area contributed by atoms with Gasteiger partial charge in [0, 0.05) is 6.54 Å². The number of hydrogen-bond donors (Lipinski definition) is 2. The summed E-state index contributed by atoms with van der Waals surface area (Å²) in [5.41, 5.74) is 3.07. The number of benzene rings is 2. The van der Waals surface area contributed by atoms with Gasteiger partial charge in [-0.05, 0) is 23.3 Å². The first kappa shape index (κ1) is 14.7. The molecule has 0 fully saturated rings. The molecular formula is C16H18ClNO2. The summed E-state index contributed by atoms with van der Waals surface area (Å²) in [6.45, 7) is 0.387. The van der Waals surface area contributed by atoms with Gasteiger partial charge in [-0.2, -0.15) is 0 Å². The lowest BCUT2D eigenvalue weighted by Gasteiger charge is -2.15. The van der Waals surface area contributed by atoms with Crippen LogP contribution in [0, 0.1) is 0 Å². The highest BCUT2D eigenvalue weighted by molar-refractivity contribution is 6.18. The highest BCUT2D eigenvalue weighted by atomic mass is 35.5. The van der Waals surface area contributed by atoms with Gasteiger partial charge < -0.3 is 15.2 Å². The van der Waals surface area contributed by atoms with E-state index in [0.717, 1.165) is 22.6 Å². The fourth-order valence-electron chi connectivity index (χ4n) is 1.94. The lowest BCUT2D eigenvalue weighted by Crippen LogP contribution is -2.21. The van der Waals surface area contributed by atoms with Gasteiger partial charge in [0.25, 0.3) is 0 Å². The van der Waals surface area contributed by atoms with Crippen LogP contribution < -0.4 is 10.1 Å². The molecule has 4 heteroatoms. The number of methoxy groups -OCH3 is 1. The van der Waals surface area contributed by atoms with Crippen LogP contribution in [0.15, 0.2) is 48.5 Å². The maximum atomic E-state index is 9.53. The number of ether oxygens (including phenoxy) is 1. The Hall–Kier alpha value is -1.71. The average molecular weight is 292 g/mol. The number of anilines is 1. The topological polar surface area (TPSA) is 41.5 Å². The molecular weight excluding hydrogens is 274 g/mol. The van der Waals surface area contributed by atoms with E-state index in [0.29, 0.717) is 6.54 Å². The highest BCUT2D eigenvalue weighted by Gasteiger charge is 2.08. The number of halogens is 1. The van der Waals surface area contributed by atoms with Crippen LogP contribution in [0.5, 0.6) is 5.75 Å². The summed E-state index contributed by atoms with van der Waals surface area (Å²) in [5, 5.41) is 12.7. The van der Waals surface area contributed by atoms with E-state index in [1.807, 2.05) is 36.4 Å². The number of alkyl halides is 1. The third-order valence-corrected chi connectivity index (χ3v) is 3.37. The summed E-state index contributed by atoms with van der Waals surface area (Å²) in [6.07, 6.45) is -0.582. The Morgan fingerprint density at radius 2 is 1.90 bits per heavy atom. The van der Waals surface area contributed by atoms with Crippen molar-refractivity contribution in [2.45, 2.75) is 6.10 Å². The molecule has 0 bridgehead atoms. The Bertz CT molecular complexity index is 545. The zero-order valence-electron chi connectivity index (χ0n) is 11.3. The zero-order chi connectivity index (χ0) is 14.4. The molecule has 1 unspecified atom stereocenters. The van der Waals surface area contributed by atoms with Gasteiger partial charge in [0.1, 0.15) is 5.75 Å². The molecule has 2 N–H and O–H groups in total. The van der Waals surface area contributed by atoms with Crippen molar-refractivity contribution in [2.24, 2.45) is 0 Å². The van der Waals surface area contributed by atoms with Gasteiger partial charge in [0.2, 0.25) is 0 Å². The third-order valence-electron chi connectivity index (χ3n) is 3.01. The van der Waals surface area contributed by atoms with Crippen molar-refractivity contribution < 1.29 is 9.84 Å². The molecule has 0 aliphatic carbocycles. The summed E-state index contributed by atoms with van der Waals surface area (Å²) >= 11 is 5.60. The van der Waals surface area contributed by atoms with Crippen molar-refractivity contribution >= 4 is 17.3 Å². The summed E-state index contributed by atoms with van der Waals surface area (Å²) in [6, 6.07) is 16.0. The molecule has 0 radical (unpaired) electrons. The number of hydrogen-bond acceptors (Lipinski definition) is 3. The molecule has 0 spiro atoms. The van der Waals surface area contributed by atoms with Gasteiger partial charge in [-0.15, -0.1) is 11.6 Å². The Balaban J connectivity index is 2.25. The van der Waals surface area contributed by atoms with Crippen LogP contribution in [-0.4, -0.2) is 30.7 Å². The molecule has 0 aromatic heterocycles. The second kappa shape index (κ2) is 7.17. The van der Waals surface area contributed by atoms with Crippen LogP contribution in [0.1, 0.15) is 0 Å². The van der Waals surface area contributed by atoms with E-state index in [1.165, 1.54) is 0 Å². The molecule has 0 saturated heterocycles. The quantitative estimate of drug-likeness (QED) is 0.802. The van der Waals surface area contributed by atoms with Crippen molar-refractivity contribution in [3.05, 3.63) is 48.5 Å². The van der Waals surface area contributed by atoms with Crippen molar-refractivity contribution in [3.8, 4) is 16.9 Å². The van der Waals surface area contributed by atoms with E-state index in [2.05, 4.69) is 17.4 Å². The Kier molecular flexibility index (Phi) is 5.27. The van der Waals surface area contributed by atoms with Crippen molar-refractivity contribution in [1.29, 1.82) is 0 Å². The SMILES string of the molecule is COc1ccc(-c2ccccc2)cc1NCC(O)CCl. The smallest absolute Gasteiger partial charge is 0.141 e. The van der Waals surface area contributed by atoms with Gasteiger partial charge in [-0.1, -0.05) is 36.4 Å². The summed E-state index contributed by atoms with van der Waals surface area (Å²) in [7, 11) is 1.63. The minimum Gasteiger partial charge on any atom is -0.495 e. The second-order valence-corrected chi connectivity index (χ2v) is 4.78. The van der Waals surface area contributed by atoms with E-state index in [9.17, 15) is 5.11 Å². The van der Waals surface area contributed by atoms with E-state index in [-0.39, 0.29) is 5.88 Å². The van der Waals surface area contributed by atoms with Crippen molar-refractivity contribution in [2.75, 3.05) is 24.9 Å². The first-order valence-electron chi connectivity index (χ1n) is 6.46. The molecule has 0 amide bonds. The molecule has 1 atom stereocenters. The zero-order valence-corrected chi connectivity index (χ0v) is 12.1. The maximum absolute atomic E-state index is 9.53. The van der Waals surface area contributed by atoms with E-state index in [1.54, 1.807) is 7.11 Å². The van der Waals surface area contributed by atoms with E-state index < -0.39 is 6.10 Å². The minimum absolute atomic E-state index is 0.202. The summed E-state index contributed by atoms with van der Waals surface area (Å²) < 4.78 is 5.33. The van der Waals surface area contributed by atoms with E-state index in [4.69, 9.17) is 16.3 Å². The van der Waals surface area contributed by atoms with Crippen LogP contribution in [0.3, 0.4) is 0 Å². The fourth-order valence-corrected chi connectivity index (χ4v) is 2.05. The van der Waals surface area contributed by atoms with Gasteiger partial charge in [-0.3, -0.25) is 0 Å². The molecule has 0 aliphatic heterocycles. The van der Waals surface area contributed by atoms with Gasteiger partial charge >= 0.3 is 0 Å². The molecule has 106 valence electrons. The lowest BCUT2D eigenvalue weighted by atomic mass is 10.0. The predicted molar refractivity (Wildman–Crippen MR) is 83.6 cm³/mol. The number of nitrogens with one attached hydrogen (secondary N) is 1. The molecule has 2 aromatic carbocycles. The molecule has 2 rings (SSSR count). The predicted octanol–water partition coefficient (Wildman–Crippen LogP) is 3.37. The number of rotatable bonds is 6. The van der Waals surface area contributed by atoms with Crippen LogP contribution in [0.2, 0.25) is 0 Å². The average Bonchev–Trinajstić information content (AvgIpc) is 2.53. The molecule has 3 nitrogen and oxygen atoms in total. The maximum Gasteiger partial charge on any atom is 0.141 e. The Morgan fingerprint density at radius 3 is 2.55 bits per heavy atom. The fraction of sp³-hybridized carbons (Fsp3) is 0.250.